The van der Waals surface area contributed by atoms with E-state index < -0.39 is 24.1 Å². The SMILES string of the molecule is C=C1C(=O)O[C@H]2/C=C(\C)CC/C=C(/C=O)C[C@@H](O)[C@@H]12. The van der Waals surface area contributed by atoms with Gasteiger partial charge in [-0.05, 0) is 31.4 Å². The van der Waals surface area contributed by atoms with Crippen LogP contribution in [0.5, 0.6) is 0 Å². The number of rotatable bonds is 1. The number of carbonyl (C=O) groups excluding carboxylic acids is 2. The van der Waals surface area contributed by atoms with Crippen LogP contribution in [0.3, 0.4) is 0 Å². The number of aliphatic hydroxyl groups excluding tert-OH is 1. The molecule has 2 rings (SSSR count). The van der Waals surface area contributed by atoms with Gasteiger partial charge in [0, 0.05) is 12.0 Å². The quantitative estimate of drug-likeness (QED) is 0.338. The normalized spacial score (nSPS) is 37.5. The van der Waals surface area contributed by atoms with Crippen molar-refractivity contribution in [3.8, 4) is 0 Å². The molecule has 1 aliphatic heterocycles. The van der Waals surface area contributed by atoms with E-state index in [0.717, 1.165) is 24.7 Å². The maximum Gasteiger partial charge on any atom is 0.334 e. The number of ether oxygens (including phenoxy) is 1. The van der Waals surface area contributed by atoms with E-state index >= 15 is 0 Å². The van der Waals surface area contributed by atoms with Gasteiger partial charge in [-0.15, -0.1) is 0 Å². The molecule has 0 saturated carbocycles. The minimum atomic E-state index is -0.831. The number of carbonyl (C=O) groups is 2. The Morgan fingerprint density at radius 2 is 2.26 bits per heavy atom. The third-order valence-corrected chi connectivity index (χ3v) is 3.67. The molecule has 2 aliphatic rings. The fourth-order valence-electron chi connectivity index (χ4n) is 2.59. The maximum absolute atomic E-state index is 11.6. The molecule has 0 aromatic heterocycles. The molecule has 0 bridgehead atoms. The summed E-state index contributed by atoms with van der Waals surface area (Å²) in [4.78, 5) is 22.6. The van der Waals surface area contributed by atoms with Crippen LogP contribution in [-0.2, 0) is 14.3 Å². The summed E-state index contributed by atoms with van der Waals surface area (Å²) in [5.74, 6) is -0.933. The molecule has 1 heterocycles. The average Bonchev–Trinajstić information content (AvgIpc) is 2.63. The Labute approximate surface area is 112 Å². The third-order valence-electron chi connectivity index (χ3n) is 3.67. The summed E-state index contributed by atoms with van der Waals surface area (Å²) in [5.41, 5.74) is 1.92. The van der Waals surface area contributed by atoms with Crippen molar-refractivity contribution in [1.82, 2.24) is 0 Å². The van der Waals surface area contributed by atoms with Gasteiger partial charge in [0.15, 0.2) is 0 Å². The Bertz CT molecular complexity index is 473. The van der Waals surface area contributed by atoms with Crippen LogP contribution in [0.2, 0.25) is 0 Å². The highest BCUT2D eigenvalue weighted by Crippen LogP contribution is 2.34. The molecular weight excluding hydrogens is 244 g/mol. The van der Waals surface area contributed by atoms with Crippen LogP contribution in [0.25, 0.3) is 0 Å². The molecule has 102 valence electrons. The van der Waals surface area contributed by atoms with Crippen molar-refractivity contribution >= 4 is 12.3 Å². The first-order valence-corrected chi connectivity index (χ1v) is 6.42. The first kappa shape index (κ1) is 13.7. The second-order valence-electron chi connectivity index (χ2n) is 5.14. The van der Waals surface area contributed by atoms with Gasteiger partial charge in [0.1, 0.15) is 12.4 Å². The molecule has 0 aromatic carbocycles. The summed E-state index contributed by atoms with van der Waals surface area (Å²) in [6.45, 7) is 5.65. The van der Waals surface area contributed by atoms with Crippen LogP contribution < -0.4 is 0 Å². The van der Waals surface area contributed by atoms with Crippen LogP contribution in [-0.4, -0.2) is 29.6 Å². The van der Waals surface area contributed by atoms with Gasteiger partial charge in [0.2, 0.25) is 0 Å². The monoisotopic (exact) mass is 262 g/mol. The molecule has 1 N–H and O–H groups in total. The highest BCUT2D eigenvalue weighted by atomic mass is 16.6. The first-order chi connectivity index (χ1) is 9.02. The predicted octanol–water partition coefficient (Wildman–Crippen LogP) is 1.70. The van der Waals surface area contributed by atoms with Gasteiger partial charge in [-0.2, -0.15) is 0 Å². The predicted molar refractivity (Wildman–Crippen MR) is 70.3 cm³/mol. The Hall–Kier alpha value is -1.68. The molecule has 1 fully saturated rings. The zero-order valence-corrected chi connectivity index (χ0v) is 11.0. The number of hydrogen-bond donors (Lipinski definition) is 1. The van der Waals surface area contributed by atoms with Gasteiger partial charge in [-0.1, -0.05) is 18.2 Å². The Kier molecular flexibility index (Phi) is 4.00. The highest BCUT2D eigenvalue weighted by Gasteiger charge is 2.42. The van der Waals surface area contributed by atoms with Crippen molar-refractivity contribution < 1.29 is 19.4 Å². The number of aldehydes is 1. The summed E-state index contributed by atoms with van der Waals surface area (Å²) in [5, 5.41) is 10.3. The average molecular weight is 262 g/mol. The number of aliphatic hydroxyl groups is 1. The summed E-state index contributed by atoms with van der Waals surface area (Å²) in [7, 11) is 0. The van der Waals surface area contributed by atoms with Gasteiger partial charge in [-0.3, -0.25) is 4.79 Å². The van der Waals surface area contributed by atoms with Gasteiger partial charge in [0.25, 0.3) is 0 Å². The largest absolute Gasteiger partial charge is 0.454 e. The van der Waals surface area contributed by atoms with Crippen LogP contribution in [0.15, 0.2) is 35.5 Å². The van der Waals surface area contributed by atoms with E-state index in [1.807, 2.05) is 19.1 Å². The standard InChI is InChI=1S/C15H18O4/c1-9-4-3-5-11(8-16)7-12(17)14-10(2)15(18)19-13(14)6-9/h5-6,8,12-14,17H,2-4,7H2,1H3/b9-6+,11-5+/t12-,13+,14-/m1/s1. The summed E-state index contributed by atoms with van der Waals surface area (Å²) >= 11 is 0. The molecule has 19 heavy (non-hydrogen) atoms. The Morgan fingerprint density at radius 1 is 1.53 bits per heavy atom. The summed E-state index contributed by atoms with van der Waals surface area (Å²) in [6.07, 6.45) is 4.96. The minimum Gasteiger partial charge on any atom is -0.454 e. The van der Waals surface area contributed by atoms with Crippen molar-refractivity contribution in [2.45, 2.75) is 38.4 Å². The van der Waals surface area contributed by atoms with Gasteiger partial charge >= 0.3 is 5.97 Å². The Balaban J connectivity index is 2.34. The van der Waals surface area contributed by atoms with Crippen molar-refractivity contribution in [3.05, 3.63) is 35.5 Å². The van der Waals surface area contributed by atoms with Gasteiger partial charge in [-0.25, -0.2) is 4.79 Å². The zero-order valence-electron chi connectivity index (χ0n) is 11.0. The second kappa shape index (κ2) is 5.53. The smallest absolute Gasteiger partial charge is 0.334 e. The van der Waals surface area contributed by atoms with Crippen LogP contribution in [0.4, 0.5) is 0 Å². The highest BCUT2D eigenvalue weighted by molar-refractivity contribution is 5.91. The van der Waals surface area contributed by atoms with Gasteiger partial charge < -0.3 is 9.84 Å². The maximum atomic E-state index is 11.6. The molecule has 0 spiro atoms. The third kappa shape index (κ3) is 2.84. The first-order valence-electron chi connectivity index (χ1n) is 6.42. The van der Waals surface area contributed by atoms with Gasteiger partial charge in [0.05, 0.1) is 12.0 Å². The lowest BCUT2D eigenvalue weighted by Gasteiger charge is -2.22. The van der Waals surface area contributed by atoms with Crippen molar-refractivity contribution in [3.63, 3.8) is 0 Å². The van der Waals surface area contributed by atoms with Crippen molar-refractivity contribution in [2.75, 3.05) is 0 Å². The van der Waals surface area contributed by atoms with E-state index in [4.69, 9.17) is 4.74 Å². The summed E-state index contributed by atoms with van der Waals surface area (Å²) < 4.78 is 5.24. The lowest BCUT2D eigenvalue weighted by atomic mass is 9.85. The lowest BCUT2D eigenvalue weighted by Crippen LogP contribution is -2.29. The number of fused-ring (bicyclic) bond motifs is 1. The van der Waals surface area contributed by atoms with E-state index in [1.54, 1.807) is 0 Å². The van der Waals surface area contributed by atoms with E-state index in [9.17, 15) is 14.7 Å². The molecule has 4 heteroatoms. The molecular formula is C15H18O4. The Morgan fingerprint density at radius 3 is 2.95 bits per heavy atom. The summed E-state index contributed by atoms with van der Waals surface area (Å²) in [6, 6.07) is 0. The zero-order chi connectivity index (χ0) is 14.0. The number of allylic oxidation sites excluding steroid dienone is 2. The van der Waals surface area contributed by atoms with E-state index in [-0.39, 0.29) is 12.0 Å². The number of esters is 1. The molecule has 1 saturated heterocycles. The van der Waals surface area contributed by atoms with E-state index in [2.05, 4.69) is 6.58 Å². The molecule has 4 nitrogen and oxygen atoms in total. The second-order valence-corrected chi connectivity index (χ2v) is 5.14. The minimum absolute atomic E-state index is 0.229. The molecule has 1 aliphatic carbocycles. The fraction of sp³-hybridized carbons (Fsp3) is 0.467. The fourth-order valence-corrected chi connectivity index (χ4v) is 2.59. The van der Waals surface area contributed by atoms with Crippen molar-refractivity contribution in [1.29, 1.82) is 0 Å². The van der Waals surface area contributed by atoms with Crippen LogP contribution in [0, 0.1) is 5.92 Å². The molecule has 0 radical (unpaired) electrons. The molecule has 3 atom stereocenters. The lowest BCUT2D eigenvalue weighted by molar-refractivity contribution is -0.137. The van der Waals surface area contributed by atoms with Crippen LogP contribution in [0.1, 0.15) is 26.2 Å². The van der Waals surface area contributed by atoms with E-state index in [1.165, 1.54) is 0 Å². The molecule has 0 amide bonds. The number of hydrogen-bond acceptors (Lipinski definition) is 4. The topological polar surface area (TPSA) is 63.6 Å². The van der Waals surface area contributed by atoms with Crippen LogP contribution >= 0.6 is 0 Å². The van der Waals surface area contributed by atoms with Crippen molar-refractivity contribution in [2.24, 2.45) is 5.92 Å². The van der Waals surface area contributed by atoms with E-state index in [0.29, 0.717) is 5.57 Å². The molecule has 0 aromatic rings. The molecule has 0 unspecified atom stereocenters.